The minimum atomic E-state index is -0.132. The van der Waals surface area contributed by atoms with Crippen LogP contribution in [-0.4, -0.2) is 10.9 Å². The first-order chi connectivity index (χ1) is 9.15. The van der Waals surface area contributed by atoms with Gasteiger partial charge in [0.25, 0.3) is 5.91 Å². The predicted octanol–water partition coefficient (Wildman–Crippen LogP) is 3.89. The van der Waals surface area contributed by atoms with Gasteiger partial charge in [0.1, 0.15) is 4.60 Å². The topological polar surface area (TPSA) is 42.0 Å². The van der Waals surface area contributed by atoms with E-state index in [-0.39, 0.29) is 5.91 Å². The van der Waals surface area contributed by atoms with E-state index in [1.54, 1.807) is 25.3 Å². The number of pyridine rings is 1. The molecule has 96 valence electrons. The molecule has 0 atom stereocenters. The van der Waals surface area contributed by atoms with Crippen LogP contribution >= 0.6 is 15.9 Å². The maximum absolute atomic E-state index is 12.0. The molecule has 2 rings (SSSR count). The highest BCUT2D eigenvalue weighted by atomic mass is 79.9. The van der Waals surface area contributed by atoms with Crippen molar-refractivity contribution in [2.75, 3.05) is 5.32 Å². The molecule has 0 bridgehead atoms. The summed E-state index contributed by atoms with van der Waals surface area (Å²) in [4.78, 5) is 16.0. The normalized spacial score (nSPS) is 11.2. The zero-order chi connectivity index (χ0) is 13.7. The third-order valence-electron chi connectivity index (χ3n) is 2.53. The quantitative estimate of drug-likeness (QED) is 0.689. The molecular weight excluding hydrogens is 304 g/mol. The summed E-state index contributed by atoms with van der Waals surface area (Å²) >= 11 is 3.25. The van der Waals surface area contributed by atoms with Crippen LogP contribution in [0.5, 0.6) is 0 Å². The summed E-state index contributed by atoms with van der Waals surface area (Å²) in [7, 11) is 0. The molecule has 0 saturated heterocycles. The Morgan fingerprint density at radius 1 is 1.21 bits per heavy atom. The molecule has 0 unspecified atom stereocenters. The van der Waals surface area contributed by atoms with Gasteiger partial charge in [-0.1, -0.05) is 30.3 Å². The van der Waals surface area contributed by atoms with Crippen molar-refractivity contribution in [2.45, 2.75) is 6.92 Å². The fraction of sp³-hybridized carbons (Fsp3) is 0.0667. The van der Waals surface area contributed by atoms with Crippen LogP contribution in [-0.2, 0) is 4.79 Å². The highest BCUT2D eigenvalue weighted by Crippen LogP contribution is 2.12. The molecule has 0 radical (unpaired) electrons. The zero-order valence-electron chi connectivity index (χ0n) is 10.4. The van der Waals surface area contributed by atoms with Crippen molar-refractivity contribution in [1.82, 2.24) is 4.98 Å². The largest absolute Gasteiger partial charge is 0.321 e. The average molecular weight is 317 g/mol. The van der Waals surface area contributed by atoms with Crippen molar-refractivity contribution < 1.29 is 4.79 Å². The monoisotopic (exact) mass is 316 g/mol. The number of hydrogen-bond acceptors (Lipinski definition) is 2. The summed E-state index contributed by atoms with van der Waals surface area (Å²) in [5.41, 5.74) is 2.33. The standard InChI is InChI=1S/C15H13BrN2O/c1-11(9-12-5-3-2-4-6-12)15(19)18-13-7-8-14(16)17-10-13/h2-10H,1H3,(H,18,19)/b11-9+. The minimum absolute atomic E-state index is 0.132. The van der Waals surface area contributed by atoms with E-state index in [0.717, 1.165) is 10.2 Å². The van der Waals surface area contributed by atoms with Gasteiger partial charge >= 0.3 is 0 Å². The van der Waals surface area contributed by atoms with Crippen LogP contribution < -0.4 is 5.32 Å². The van der Waals surface area contributed by atoms with E-state index in [2.05, 4.69) is 26.2 Å². The Bertz CT molecular complexity index is 591. The molecule has 0 aliphatic heterocycles. The van der Waals surface area contributed by atoms with Gasteiger partial charge in [-0.05, 0) is 46.6 Å². The molecule has 1 heterocycles. The number of carbonyl (C=O) groups excluding carboxylic acids is 1. The van der Waals surface area contributed by atoms with Gasteiger partial charge < -0.3 is 5.32 Å². The van der Waals surface area contributed by atoms with Gasteiger partial charge in [-0.2, -0.15) is 0 Å². The van der Waals surface area contributed by atoms with E-state index >= 15 is 0 Å². The first kappa shape index (κ1) is 13.5. The lowest BCUT2D eigenvalue weighted by Crippen LogP contribution is -2.12. The smallest absolute Gasteiger partial charge is 0.251 e. The van der Waals surface area contributed by atoms with Crippen molar-refractivity contribution in [1.29, 1.82) is 0 Å². The Balaban J connectivity index is 2.07. The number of amides is 1. The summed E-state index contributed by atoms with van der Waals surface area (Å²) in [5.74, 6) is -0.132. The van der Waals surface area contributed by atoms with Crippen LogP contribution in [0.3, 0.4) is 0 Å². The number of nitrogens with zero attached hydrogens (tertiary/aromatic N) is 1. The number of rotatable bonds is 3. The molecule has 0 aliphatic rings. The highest BCUT2D eigenvalue weighted by molar-refractivity contribution is 9.10. The summed E-state index contributed by atoms with van der Waals surface area (Å²) in [6, 6.07) is 13.3. The van der Waals surface area contributed by atoms with E-state index in [1.165, 1.54) is 0 Å². The zero-order valence-corrected chi connectivity index (χ0v) is 12.0. The van der Waals surface area contributed by atoms with Crippen LogP contribution in [0, 0.1) is 0 Å². The number of benzene rings is 1. The SMILES string of the molecule is C/C(=C\c1ccccc1)C(=O)Nc1ccc(Br)nc1. The maximum atomic E-state index is 12.0. The first-order valence-corrected chi connectivity index (χ1v) is 6.61. The van der Waals surface area contributed by atoms with Crippen LogP contribution in [0.15, 0.2) is 58.8 Å². The van der Waals surface area contributed by atoms with Gasteiger partial charge in [0.15, 0.2) is 0 Å². The molecule has 0 aliphatic carbocycles. The second-order valence-corrected chi connectivity index (χ2v) is 4.87. The Labute approximate surface area is 120 Å². The van der Waals surface area contributed by atoms with Gasteiger partial charge in [-0.3, -0.25) is 4.79 Å². The minimum Gasteiger partial charge on any atom is -0.321 e. The van der Waals surface area contributed by atoms with E-state index < -0.39 is 0 Å². The lowest BCUT2D eigenvalue weighted by Gasteiger charge is -2.05. The lowest BCUT2D eigenvalue weighted by molar-refractivity contribution is -0.112. The van der Waals surface area contributed by atoms with Crippen LogP contribution in [0.4, 0.5) is 5.69 Å². The van der Waals surface area contributed by atoms with E-state index in [9.17, 15) is 4.79 Å². The number of carbonyl (C=O) groups is 1. The van der Waals surface area contributed by atoms with Gasteiger partial charge in [-0.15, -0.1) is 0 Å². The Kier molecular flexibility index (Phi) is 4.47. The van der Waals surface area contributed by atoms with Crippen molar-refractivity contribution >= 4 is 33.6 Å². The van der Waals surface area contributed by atoms with Gasteiger partial charge in [0, 0.05) is 5.57 Å². The third-order valence-corrected chi connectivity index (χ3v) is 3.00. The average Bonchev–Trinajstić information content (AvgIpc) is 2.42. The molecule has 0 fully saturated rings. The maximum Gasteiger partial charge on any atom is 0.251 e. The number of nitrogens with one attached hydrogen (secondary N) is 1. The molecular formula is C15H13BrN2O. The second kappa shape index (κ2) is 6.29. The molecule has 0 spiro atoms. The Hall–Kier alpha value is -1.94. The van der Waals surface area contributed by atoms with Crippen molar-refractivity contribution in [3.05, 3.63) is 64.4 Å². The summed E-state index contributed by atoms with van der Waals surface area (Å²) in [5, 5.41) is 2.80. The molecule has 2 aromatic rings. The first-order valence-electron chi connectivity index (χ1n) is 5.81. The molecule has 3 nitrogen and oxygen atoms in total. The summed E-state index contributed by atoms with van der Waals surface area (Å²) < 4.78 is 0.738. The fourth-order valence-corrected chi connectivity index (χ4v) is 1.78. The van der Waals surface area contributed by atoms with E-state index in [1.807, 2.05) is 36.4 Å². The molecule has 1 aromatic heterocycles. The number of halogens is 1. The van der Waals surface area contributed by atoms with E-state index in [4.69, 9.17) is 0 Å². The number of hydrogen-bond donors (Lipinski definition) is 1. The van der Waals surface area contributed by atoms with Crippen LogP contribution in [0.1, 0.15) is 12.5 Å². The van der Waals surface area contributed by atoms with Gasteiger partial charge in [-0.25, -0.2) is 4.98 Å². The van der Waals surface area contributed by atoms with Crippen LogP contribution in [0.25, 0.3) is 6.08 Å². The lowest BCUT2D eigenvalue weighted by atomic mass is 10.1. The van der Waals surface area contributed by atoms with Crippen LogP contribution in [0.2, 0.25) is 0 Å². The third kappa shape index (κ3) is 4.03. The Morgan fingerprint density at radius 3 is 2.58 bits per heavy atom. The summed E-state index contributed by atoms with van der Waals surface area (Å²) in [6.07, 6.45) is 3.46. The van der Waals surface area contributed by atoms with Crippen molar-refractivity contribution in [3.63, 3.8) is 0 Å². The summed E-state index contributed by atoms with van der Waals surface area (Å²) in [6.45, 7) is 1.79. The highest BCUT2D eigenvalue weighted by Gasteiger charge is 2.05. The Morgan fingerprint density at radius 2 is 1.95 bits per heavy atom. The number of anilines is 1. The molecule has 4 heteroatoms. The molecule has 1 amide bonds. The molecule has 1 aromatic carbocycles. The van der Waals surface area contributed by atoms with E-state index in [0.29, 0.717) is 11.3 Å². The second-order valence-electron chi connectivity index (χ2n) is 4.06. The van der Waals surface area contributed by atoms with Crippen molar-refractivity contribution in [3.8, 4) is 0 Å². The molecule has 19 heavy (non-hydrogen) atoms. The van der Waals surface area contributed by atoms with Gasteiger partial charge in [0.2, 0.25) is 0 Å². The van der Waals surface area contributed by atoms with Crippen molar-refractivity contribution in [2.24, 2.45) is 0 Å². The number of aromatic nitrogens is 1. The molecule has 0 saturated carbocycles. The predicted molar refractivity (Wildman–Crippen MR) is 80.7 cm³/mol. The molecule has 1 N–H and O–H groups in total. The van der Waals surface area contributed by atoms with Gasteiger partial charge in [0.05, 0.1) is 11.9 Å². The fourth-order valence-electron chi connectivity index (χ4n) is 1.54.